The summed E-state index contributed by atoms with van der Waals surface area (Å²) in [6.45, 7) is 6.88. The second-order valence-electron chi connectivity index (χ2n) is 6.28. The van der Waals surface area contributed by atoms with Crippen LogP contribution in [0.1, 0.15) is 49.9 Å². The Hall–Kier alpha value is -1.92. The number of halogens is 2. The molecule has 0 aliphatic carbocycles. The van der Waals surface area contributed by atoms with Gasteiger partial charge in [-0.15, -0.1) is 0 Å². The summed E-state index contributed by atoms with van der Waals surface area (Å²) >= 11 is 12.2. The average molecular weight is 374 g/mol. The van der Waals surface area contributed by atoms with E-state index in [-0.39, 0.29) is 27.0 Å². The van der Waals surface area contributed by atoms with Gasteiger partial charge in [-0.25, -0.2) is 9.59 Å². The highest BCUT2D eigenvalue weighted by Crippen LogP contribution is 2.37. The van der Waals surface area contributed by atoms with Crippen molar-refractivity contribution in [2.45, 2.75) is 39.3 Å². The molecule has 0 aliphatic heterocycles. The van der Waals surface area contributed by atoms with Crippen LogP contribution < -0.4 is 5.32 Å². The van der Waals surface area contributed by atoms with E-state index < -0.39 is 23.7 Å². The van der Waals surface area contributed by atoms with Crippen LogP contribution in [0, 0.1) is 0 Å². The fraction of sp³-hybridized carbons (Fsp3) is 0.375. The summed E-state index contributed by atoms with van der Waals surface area (Å²) < 4.78 is 10.8. The molecule has 24 heavy (non-hydrogen) atoms. The van der Waals surface area contributed by atoms with Crippen LogP contribution in [-0.2, 0) is 4.74 Å². The molecule has 0 bridgehead atoms. The number of carbonyl (C=O) groups excluding carboxylic acids is 1. The fourth-order valence-electron chi connectivity index (χ4n) is 2.14. The van der Waals surface area contributed by atoms with Crippen molar-refractivity contribution in [2.75, 3.05) is 0 Å². The molecule has 1 amide bonds. The molecule has 0 radical (unpaired) electrons. The SMILES string of the molecule is C[C@H](NC(=O)OC(C)(C)C)c1oc2c(C(=O)O)cc(Cl)cc2c1Cl. The molecule has 6 nitrogen and oxygen atoms in total. The van der Waals surface area contributed by atoms with Crippen molar-refractivity contribution in [2.24, 2.45) is 0 Å². The number of nitrogens with one attached hydrogen (secondary N) is 1. The summed E-state index contributed by atoms with van der Waals surface area (Å²) in [6.07, 6.45) is -0.636. The first kappa shape index (κ1) is 18.4. The lowest BCUT2D eigenvalue weighted by Gasteiger charge is -2.21. The van der Waals surface area contributed by atoms with E-state index in [1.54, 1.807) is 27.7 Å². The number of amides is 1. The number of carboxylic acid groups (broad SMARTS) is 1. The van der Waals surface area contributed by atoms with Gasteiger partial charge < -0.3 is 19.6 Å². The van der Waals surface area contributed by atoms with Crippen LogP contribution in [0.2, 0.25) is 10.0 Å². The second-order valence-corrected chi connectivity index (χ2v) is 7.10. The van der Waals surface area contributed by atoms with Crippen molar-refractivity contribution < 1.29 is 23.8 Å². The number of hydrogen-bond donors (Lipinski definition) is 2. The number of ether oxygens (including phenoxy) is 1. The molecule has 130 valence electrons. The summed E-state index contributed by atoms with van der Waals surface area (Å²) in [5, 5.41) is 12.7. The normalized spacial score (nSPS) is 12.9. The summed E-state index contributed by atoms with van der Waals surface area (Å²) in [6, 6.07) is 2.17. The molecule has 1 aromatic carbocycles. The first-order valence-electron chi connectivity index (χ1n) is 7.14. The van der Waals surface area contributed by atoms with Gasteiger partial charge in [0.05, 0.1) is 11.1 Å². The maximum atomic E-state index is 11.9. The van der Waals surface area contributed by atoms with Crippen LogP contribution in [0.5, 0.6) is 0 Å². The maximum absolute atomic E-state index is 11.9. The highest BCUT2D eigenvalue weighted by molar-refractivity contribution is 6.38. The van der Waals surface area contributed by atoms with Crippen molar-refractivity contribution in [3.8, 4) is 0 Å². The summed E-state index contributed by atoms with van der Waals surface area (Å²) in [5.74, 6) is -0.963. The monoisotopic (exact) mass is 373 g/mol. The van der Waals surface area contributed by atoms with E-state index in [4.69, 9.17) is 32.4 Å². The molecule has 0 unspecified atom stereocenters. The van der Waals surface area contributed by atoms with Crippen LogP contribution in [-0.4, -0.2) is 22.8 Å². The minimum absolute atomic E-state index is 0.102. The van der Waals surface area contributed by atoms with E-state index >= 15 is 0 Å². The molecule has 1 atom stereocenters. The van der Waals surface area contributed by atoms with Gasteiger partial charge in [0, 0.05) is 10.4 Å². The number of alkyl carbamates (subject to hydrolysis) is 1. The number of fused-ring (bicyclic) bond motifs is 1. The number of hydrogen-bond acceptors (Lipinski definition) is 4. The number of benzene rings is 1. The highest BCUT2D eigenvalue weighted by Gasteiger charge is 2.25. The molecule has 0 spiro atoms. The van der Waals surface area contributed by atoms with Gasteiger partial charge in [0.2, 0.25) is 0 Å². The van der Waals surface area contributed by atoms with Crippen molar-refractivity contribution in [1.82, 2.24) is 5.32 Å². The molecule has 0 saturated carbocycles. The number of carbonyl (C=O) groups is 2. The van der Waals surface area contributed by atoms with Crippen molar-refractivity contribution in [3.05, 3.63) is 33.5 Å². The number of rotatable bonds is 3. The first-order chi connectivity index (χ1) is 11.0. The quantitative estimate of drug-likeness (QED) is 0.787. The summed E-state index contributed by atoms with van der Waals surface area (Å²) in [4.78, 5) is 23.2. The molecule has 0 saturated heterocycles. The van der Waals surface area contributed by atoms with Crippen LogP contribution in [0.25, 0.3) is 11.0 Å². The van der Waals surface area contributed by atoms with Crippen LogP contribution in [0.15, 0.2) is 16.5 Å². The third-order valence-corrected chi connectivity index (χ3v) is 3.68. The Morgan fingerprint density at radius 1 is 1.29 bits per heavy atom. The van der Waals surface area contributed by atoms with E-state index in [0.29, 0.717) is 5.39 Å². The predicted molar refractivity (Wildman–Crippen MR) is 91.0 cm³/mol. The molecule has 1 heterocycles. The molecule has 2 rings (SSSR count). The zero-order chi connectivity index (χ0) is 18.2. The second kappa shape index (κ2) is 6.53. The fourth-order valence-corrected chi connectivity index (χ4v) is 2.70. The van der Waals surface area contributed by atoms with Crippen LogP contribution in [0.4, 0.5) is 4.79 Å². The Labute approximate surface area is 148 Å². The van der Waals surface area contributed by atoms with Gasteiger partial charge in [0.1, 0.15) is 16.9 Å². The lowest BCUT2D eigenvalue weighted by Crippen LogP contribution is -2.33. The van der Waals surface area contributed by atoms with Crippen LogP contribution in [0.3, 0.4) is 0 Å². The van der Waals surface area contributed by atoms with Gasteiger partial charge in [0.25, 0.3) is 0 Å². The van der Waals surface area contributed by atoms with Crippen LogP contribution >= 0.6 is 23.2 Å². The Morgan fingerprint density at radius 3 is 2.46 bits per heavy atom. The summed E-state index contributed by atoms with van der Waals surface area (Å²) in [5.41, 5.74) is -0.647. The Bertz CT molecular complexity index is 807. The molecule has 1 aromatic heterocycles. The summed E-state index contributed by atoms with van der Waals surface area (Å²) in [7, 11) is 0. The molecule has 8 heteroatoms. The van der Waals surface area contributed by atoms with Gasteiger partial charge in [-0.1, -0.05) is 23.2 Å². The minimum Gasteiger partial charge on any atom is -0.478 e. The molecule has 2 N–H and O–H groups in total. The minimum atomic E-state index is -1.19. The van der Waals surface area contributed by atoms with Gasteiger partial charge in [-0.3, -0.25) is 0 Å². The predicted octanol–water partition coefficient (Wildman–Crippen LogP) is 5.02. The van der Waals surface area contributed by atoms with Crippen molar-refractivity contribution in [3.63, 3.8) is 0 Å². The molecule has 2 aromatic rings. The Kier molecular flexibility index (Phi) is 5.01. The van der Waals surface area contributed by atoms with Gasteiger partial charge in [-0.2, -0.15) is 0 Å². The zero-order valence-corrected chi connectivity index (χ0v) is 15.1. The number of carboxylic acids is 1. The molecular formula is C16H17Cl2NO5. The average Bonchev–Trinajstić information content (AvgIpc) is 2.73. The van der Waals surface area contributed by atoms with Crippen molar-refractivity contribution >= 4 is 46.2 Å². The standard InChI is InChI=1S/C16H17Cl2NO5/c1-7(19-15(22)24-16(2,3)4)12-11(18)9-5-8(17)6-10(14(20)21)13(9)23-12/h5-7H,1-4H3,(H,19,22)(H,20,21)/t7-/m0/s1. The van der Waals surface area contributed by atoms with E-state index in [2.05, 4.69) is 5.32 Å². The van der Waals surface area contributed by atoms with Gasteiger partial charge >= 0.3 is 12.1 Å². The Balaban J connectivity index is 2.39. The van der Waals surface area contributed by atoms with E-state index in [1.807, 2.05) is 0 Å². The van der Waals surface area contributed by atoms with E-state index in [1.165, 1.54) is 12.1 Å². The van der Waals surface area contributed by atoms with E-state index in [0.717, 1.165) is 0 Å². The largest absolute Gasteiger partial charge is 0.478 e. The zero-order valence-electron chi connectivity index (χ0n) is 13.6. The number of aromatic carboxylic acids is 1. The lowest BCUT2D eigenvalue weighted by atomic mass is 10.1. The Morgan fingerprint density at radius 2 is 1.92 bits per heavy atom. The van der Waals surface area contributed by atoms with Crippen molar-refractivity contribution in [1.29, 1.82) is 0 Å². The third kappa shape index (κ3) is 3.94. The topological polar surface area (TPSA) is 88.8 Å². The van der Waals surface area contributed by atoms with E-state index in [9.17, 15) is 14.7 Å². The highest BCUT2D eigenvalue weighted by atomic mass is 35.5. The smallest absolute Gasteiger partial charge is 0.408 e. The maximum Gasteiger partial charge on any atom is 0.408 e. The molecule has 0 fully saturated rings. The lowest BCUT2D eigenvalue weighted by molar-refractivity contribution is 0.0501. The first-order valence-corrected chi connectivity index (χ1v) is 7.89. The van der Waals surface area contributed by atoms with Gasteiger partial charge in [-0.05, 0) is 39.8 Å². The number of furan rings is 1. The molecular weight excluding hydrogens is 357 g/mol. The third-order valence-electron chi connectivity index (χ3n) is 3.08. The van der Waals surface area contributed by atoms with Gasteiger partial charge in [0.15, 0.2) is 5.58 Å². The molecule has 0 aliphatic rings.